The fourth-order valence-electron chi connectivity index (χ4n) is 0.625. The molecule has 0 aromatic carbocycles. The Kier molecular flexibility index (Phi) is 5.30. The van der Waals surface area contributed by atoms with Gasteiger partial charge in [0, 0.05) is 6.54 Å². The van der Waals surface area contributed by atoms with Gasteiger partial charge in [0.1, 0.15) is 5.38 Å². The zero-order chi connectivity index (χ0) is 8.85. The third-order valence-electron chi connectivity index (χ3n) is 1.38. The molecule has 0 aliphatic rings. The Morgan fingerprint density at radius 2 is 2.00 bits per heavy atom. The zero-order valence-corrected chi connectivity index (χ0v) is 8.11. The number of hydrogen-bond donors (Lipinski definition) is 1. The van der Waals surface area contributed by atoms with Crippen LogP contribution in [0.5, 0.6) is 0 Å². The highest BCUT2D eigenvalue weighted by Gasteiger charge is 2.07. The number of rotatable bonds is 4. The molecular formula is C8H16ClNO. The Balaban J connectivity index is 3.32. The van der Waals surface area contributed by atoms with Gasteiger partial charge in [0.2, 0.25) is 5.91 Å². The van der Waals surface area contributed by atoms with Gasteiger partial charge in [0.15, 0.2) is 0 Å². The summed E-state index contributed by atoms with van der Waals surface area (Å²) < 4.78 is 0. The molecule has 0 aliphatic carbocycles. The van der Waals surface area contributed by atoms with Gasteiger partial charge < -0.3 is 5.32 Å². The van der Waals surface area contributed by atoms with Crippen molar-refractivity contribution in [3.05, 3.63) is 0 Å². The number of alkyl halides is 1. The summed E-state index contributed by atoms with van der Waals surface area (Å²) in [5, 5.41) is 2.33. The molecule has 0 rings (SSSR count). The minimum Gasteiger partial charge on any atom is -0.355 e. The second-order valence-electron chi connectivity index (χ2n) is 3.09. The maximum Gasteiger partial charge on any atom is 0.237 e. The van der Waals surface area contributed by atoms with Crippen LogP contribution in [0.4, 0.5) is 0 Å². The molecule has 0 radical (unpaired) electrons. The van der Waals surface area contributed by atoms with Gasteiger partial charge in [-0.2, -0.15) is 0 Å². The Bertz CT molecular complexity index is 123. The first-order valence-electron chi connectivity index (χ1n) is 3.95. The van der Waals surface area contributed by atoms with Crippen molar-refractivity contribution in [2.24, 2.45) is 5.92 Å². The van der Waals surface area contributed by atoms with Gasteiger partial charge >= 0.3 is 0 Å². The third kappa shape index (κ3) is 6.17. The maximum atomic E-state index is 10.9. The summed E-state index contributed by atoms with van der Waals surface area (Å²) in [6.07, 6.45) is 1.01. The van der Waals surface area contributed by atoms with E-state index in [1.54, 1.807) is 6.92 Å². The Labute approximate surface area is 73.3 Å². The highest BCUT2D eigenvalue weighted by atomic mass is 35.5. The molecule has 0 unspecified atom stereocenters. The van der Waals surface area contributed by atoms with E-state index in [1.807, 2.05) is 0 Å². The summed E-state index contributed by atoms with van der Waals surface area (Å²) in [7, 11) is 0. The minimum atomic E-state index is -0.415. The summed E-state index contributed by atoms with van der Waals surface area (Å²) in [6, 6.07) is 0. The Hall–Kier alpha value is -0.240. The molecule has 0 heterocycles. The number of halogens is 1. The molecule has 66 valence electrons. The topological polar surface area (TPSA) is 29.1 Å². The van der Waals surface area contributed by atoms with E-state index >= 15 is 0 Å². The monoisotopic (exact) mass is 177 g/mol. The standard InChI is InChI=1S/C8H16ClNO/c1-6(2)4-5-10-8(11)7(3)9/h6-7H,4-5H2,1-3H3,(H,10,11)/t7-/m0/s1. The number of hydrogen-bond acceptors (Lipinski definition) is 1. The summed E-state index contributed by atoms with van der Waals surface area (Å²) in [5.74, 6) is 0.549. The number of carbonyl (C=O) groups excluding carboxylic acids is 1. The van der Waals surface area contributed by atoms with Crippen LogP contribution in [0, 0.1) is 5.92 Å². The van der Waals surface area contributed by atoms with Crippen molar-refractivity contribution in [2.75, 3.05) is 6.54 Å². The molecule has 3 heteroatoms. The second kappa shape index (κ2) is 5.42. The SMILES string of the molecule is CC(C)CCNC(=O)[C@H](C)Cl. The largest absolute Gasteiger partial charge is 0.355 e. The van der Waals surface area contributed by atoms with Crippen LogP contribution in [0.15, 0.2) is 0 Å². The van der Waals surface area contributed by atoms with Crippen LogP contribution < -0.4 is 5.32 Å². The molecule has 11 heavy (non-hydrogen) atoms. The lowest BCUT2D eigenvalue weighted by molar-refractivity contribution is -0.120. The predicted molar refractivity (Wildman–Crippen MR) is 47.8 cm³/mol. The zero-order valence-electron chi connectivity index (χ0n) is 7.36. The molecule has 0 saturated heterocycles. The smallest absolute Gasteiger partial charge is 0.237 e. The van der Waals surface area contributed by atoms with E-state index in [-0.39, 0.29) is 5.91 Å². The van der Waals surface area contributed by atoms with Crippen LogP contribution in [-0.2, 0) is 4.79 Å². The van der Waals surface area contributed by atoms with Crippen molar-refractivity contribution in [3.8, 4) is 0 Å². The molecular weight excluding hydrogens is 162 g/mol. The van der Waals surface area contributed by atoms with Gasteiger partial charge in [-0.1, -0.05) is 13.8 Å². The fourth-order valence-corrected chi connectivity index (χ4v) is 0.702. The molecule has 0 bridgehead atoms. The van der Waals surface area contributed by atoms with E-state index in [4.69, 9.17) is 11.6 Å². The molecule has 0 fully saturated rings. The minimum absolute atomic E-state index is 0.0766. The van der Waals surface area contributed by atoms with Crippen molar-refractivity contribution in [3.63, 3.8) is 0 Å². The van der Waals surface area contributed by atoms with Crippen LogP contribution in [0.3, 0.4) is 0 Å². The molecule has 1 N–H and O–H groups in total. The molecule has 0 saturated carbocycles. The van der Waals surface area contributed by atoms with Gasteiger partial charge in [-0.05, 0) is 19.3 Å². The van der Waals surface area contributed by atoms with Gasteiger partial charge in [-0.3, -0.25) is 4.79 Å². The fraction of sp³-hybridized carbons (Fsp3) is 0.875. The van der Waals surface area contributed by atoms with E-state index in [2.05, 4.69) is 19.2 Å². The molecule has 2 nitrogen and oxygen atoms in total. The van der Waals surface area contributed by atoms with Crippen molar-refractivity contribution in [1.82, 2.24) is 5.32 Å². The van der Waals surface area contributed by atoms with E-state index < -0.39 is 5.38 Å². The van der Waals surface area contributed by atoms with Crippen molar-refractivity contribution < 1.29 is 4.79 Å². The quantitative estimate of drug-likeness (QED) is 0.652. The highest BCUT2D eigenvalue weighted by molar-refractivity contribution is 6.30. The van der Waals surface area contributed by atoms with Crippen molar-refractivity contribution in [2.45, 2.75) is 32.6 Å². The molecule has 0 aromatic heterocycles. The van der Waals surface area contributed by atoms with Crippen LogP contribution in [0.1, 0.15) is 27.2 Å². The summed E-state index contributed by atoms with van der Waals surface area (Å²) >= 11 is 5.53. The Morgan fingerprint density at radius 1 is 1.45 bits per heavy atom. The molecule has 0 aromatic rings. The Morgan fingerprint density at radius 3 is 2.36 bits per heavy atom. The van der Waals surface area contributed by atoms with Crippen LogP contribution in [0.25, 0.3) is 0 Å². The first-order chi connectivity index (χ1) is 5.04. The van der Waals surface area contributed by atoms with E-state index in [0.29, 0.717) is 5.92 Å². The molecule has 0 aliphatic heterocycles. The first-order valence-corrected chi connectivity index (χ1v) is 4.39. The summed E-state index contributed by atoms with van der Waals surface area (Å²) in [4.78, 5) is 10.9. The van der Waals surface area contributed by atoms with Crippen molar-refractivity contribution >= 4 is 17.5 Å². The molecule has 0 spiro atoms. The number of nitrogens with one attached hydrogen (secondary N) is 1. The van der Waals surface area contributed by atoms with Crippen LogP contribution >= 0.6 is 11.6 Å². The van der Waals surface area contributed by atoms with E-state index in [1.165, 1.54) is 0 Å². The summed E-state index contributed by atoms with van der Waals surface area (Å²) in [6.45, 7) is 6.65. The third-order valence-corrected chi connectivity index (χ3v) is 1.58. The number of carbonyl (C=O) groups is 1. The van der Waals surface area contributed by atoms with Gasteiger partial charge in [-0.15, -0.1) is 11.6 Å². The lowest BCUT2D eigenvalue weighted by atomic mass is 10.1. The first kappa shape index (κ1) is 10.8. The maximum absolute atomic E-state index is 10.9. The lowest BCUT2D eigenvalue weighted by Crippen LogP contribution is -2.30. The second-order valence-corrected chi connectivity index (χ2v) is 3.74. The average Bonchev–Trinajstić information content (AvgIpc) is 1.86. The normalized spacial score (nSPS) is 13.2. The molecule has 1 atom stereocenters. The van der Waals surface area contributed by atoms with Gasteiger partial charge in [-0.25, -0.2) is 0 Å². The van der Waals surface area contributed by atoms with Gasteiger partial charge in [0.25, 0.3) is 0 Å². The van der Waals surface area contributed by atoms with E-state index in [9.17, 15) is 4.79 Å². The lowest BCUT2D eigenvalue weighted by Gasteiger charge is -2.07. The van der Waals surface area contributed by atoms with Crippen LogP contribution in [0.2, 0.25) is 0 Å². The highest BCUT2D eigenvalue weighted by Crippen LogP contribution is 1.97. The summed E-state index contributed by atoms with van der Waals surface area (Å²) in [5.41, 5.74) is 0. The number of amides is 1. The average molecular weight is 178 g/mol. The van der Waals surface area contributed by atoms with E-state index in [0.717, 1.165) is 13.0 Å². The van der Waals surface area contributed by atoms with Gasteiger partial charge in [0.05, 0.1) is 0 Å². The van der Waals surface area contributed by atoms with Crippen LogP contribution in [-0.4, -0.2) is 17.8 Å². The predicted octanol–water partition coefficient (Wildman–Crippen LogP) is 1.78. The molecule has 1 amide bonds. The van der Waals surface area contributed by atoms with Crippen molar-refractivity contribution in [1.29, 1.82) is 0 Å².